The van der Waals surface area contributed by atoms with Crippen LogP contribution in [-0.4, -0.2) is 25.9 Å². The zero-order valence-corrected chi connectivity index (χ0v) is 18.8. The summed E-state index contributed by atoms with van der Waals surface area (Å²) in [5.41, 5.74) is 1.19. The average Bonchev–Trinajstić information content (AvgIpc) is 2.67. The van der Waals surface area contributed by atoms with Crippen LogP contribution in [0.15, 0.2) is 46.2 Å². The lowest BCUT2D eigenvalue weighted by atomic mass is 9.98. The fourth-order valence-electron chi connectivity index (χ4n) is 2.55. The highest BCUT2D eigenvalue weighted by Crippen LogP contribution is 2.27. The van der Waals surface area contributed by atoms with Gasteiger partial charge in [0.15, 0.2) is 11.6 Å². The Morgan fingerprint density at radius 1 is 0.767 bits per heavy atom. The molecule has 0 radical (unpaired) electrons. The van der Waals surface area contributed by atoms with Crippen molar-refractivity contribution in [3.05, 3.63) is 59.2 Å². The van der Waals surface area contributed by atoms with Crippen molar-refractivity contribution in [2.24, 2.45) is 0 Å². The van der Waals surface area contributed by atoms with Gasteiger partial charge in [0.1, 0.15) is 4.90 Å². The molecule has 0 aromatic heterocycles. The summed E-state index contributed by atoms with van der Waals surface area (Å²) < 4.78 is 87.1. The van der Waals surface area contributed by atoms with Crippen LogP contribution in [0, 0.1) is 11.6 Å². The van der Waals surface area contributed by atoms with Gasteiger partial charge in [-0.25, -0.2) is 8.78 Å². The van der Waals surface area contributed by atoms with E-state index in [0.29, 0.717) is 12.3 Å². The molecule has 30 heavy (non-hydrogen) atoms. The highest BCUT2D eigenvalue weighted by Gasteiger charge is 2.23. The lowest BCUT2D eigenvalue weighted by Gasteiger charge is -2.11. The van der Waals surface area contributed by atoms with Gasteiger partial charge in [0.2, 0.25) is 0 Å². The van der Waals surface area contributed by atoms with Crippen LogP contribution in [-0.2, 0) is 20.2 Å². The molecule has 0 fully saturated rings. The molecule has 168 valence electrons. The van der Waals surface area contributed by atoms with Crippen molar-refractivity contribution < 1.29 is 34.7 Å². The average molecular weight is 465 g/mol. The number of halogens is 2. The molecule has 2 unspecified atom stereocenters. The van der Waals surface area contributed by atoms with Crippen LogP contribution in [0.2, 0.25) is 0 Å². The Morgan fingerprint density at radius 2 is 1.27 bits per heavy atom. The molecular formula is C20H26F2O6S2. The van der Waals surface area contributed by atoms with Crippen LogP contribution in [0.1, 0.15) is 63.5 Å². The van der Waals surface area contributed by atoms with Crippen LogP contribution < -0.4 is 0 Å². The van der Waals surface area contributed by atoms with Crippen LogP contribution in [0.5, 0.6) is 0 Å². The summed E-state index contributed by atoms with van der Waals surface area (Å²) in [5.74, 6) is -2.56. The summed E-state index contributed by atoms with van der Waals surface area (Å²) in [7, 11) is -8.77. The zero-order chi connectivity index (χ0) is 23.3. The van der Waals surface area contributed by atoms with Gasteiger partial charge in [-0.3, -0.25) is 9.11 Å². The molecule has 0 bridgehead atoms. The molecule has 0 saturated heterocycles. The van der Waals surface area contributed by atoms with Crippen LogP contribution in [0.3, 0.4) is 0 Å². The number of hydrogen-bond donors (Lipinski definition) is 2. The summed E-state index contributed by atoms with van der Waals surface area (Å²) in [4.78, 5) is -1.08. The molecule has 0 saturated carbocycles. The van der Waals surface area contributed by atoms with Crippen molar-refractivity contribution >= 4 is 20.2 Å². The third kappa shape index (κ3) is 6.83. The fraction of sp³-hybridized carbons (Fsp3) is 0.400. The minimum absolute atomic E-state index is 0.0513. The second-order valence-corrected chi connectivity index (χ2v) is 9.73. The van der Waals surface area contributed by atoms with Gasteiger partial charge in [0.05, 0.1) is 4.90 Å². The second kappa shape index (κ2) is 10.4. The second-order valence-electron chi connectivity index (χ2n) is 6.92. The van der Waals surface area contributed by atoms with E-state index in [9.17, 15) is 25.6 Å². The molecule has 0 aliphatic rings. The predicted octanol–water partition coefficient (Wildman–Crippen LogP) is 5.17. The Bertz CT molecular complexity index is 1070. The molecule has 2 rings (SSSR count). The molecule has 10 heteroatoms. The van der Waals surface area contributed by atoms with Gasteiger partial charge in [-0.1, -0.05) is 45.9 Å². The molecule has 2 N–H and O–H groups in total. The molecule has 2 aromatic rings. The smallest absolute Gasteiger partial charge is 0.282 e. The number of rotatable bonds is 6. The van der Waals surface area contributed by atoms with Gasteiger partial charge >= 0.3 is 0 Å². The van der Waals surface area contributed by atoms with Gasteiger partial charge in [-0.15, -0.1) is 0 Å². The van der Waals surface area contributed by atoms with Crippen LogP contribution in [0.4, 0.5) is 8.78 Å². The lowest BCUT2D eigenvalue weighted by molar-refractivity contribution is 0.446. The van der Waals surface area contributed by atoms with E-state index in [1.165, 1.54) is 18.2 Å². The topological polar surface area (TPSA) is 109 Å². The fourth-order valence-corrected chi connectivity index (χ4v) is 3.59. The first-order valence-electron chi connectivity index (χ1n) is 9.26. The van der Waals surface area contributed by atoms with E-state index >= 15 is 0 Å². The molecule has 0 aliphatic heterocycles. The maximum atomic E-state index is 13.5. The predicted molar refractivity (Wildman–Crippen MR) is 110 cm³/mol. The molecule has 2 atom stereocenters. The minimum atomic E-state index is -4.72. The van der Waals surface area contributed by atoms with Gasteiger partial charge in [-0.05, 0) is 54.0 Å². The molecular weight excluding hydrogens is 438 g/mol. The Morgan fingerprint density at radius 3 is 1.67 bits per heavy atom. The Balaban J connectivity index is 0.000000303. The summed E-state index contributed by atoms with van der Waals surface area (Å²) in [6.07, 6.45) is 1.60. The van der Waals surface area contributed by atoms with Crippen molar-refractivity contribution in [3.8, 4) is 0 Å². The first kappa shape index (κ1) is 26.2. The van der Waals surface area contributed by atoms with Crippen molar-refractivity contribution in [2.45, 2.75) is 62.2 Å². The van der Waals surface area contributed by atoms with Crippen LogP contribution in [0.25, 0.3) is 0 Å². The Kier molecular flexibility index (Phi) is 9.09. The first-order chi connectivity index (χ1) is 13.7. The van der Waals surface area contributed by atoms with Crippen LogP contribution >= 0.6 is 0 Å². The maximum Gasteiger partial charge on any atom is 0.297 e. The summed E-state index contributed by atoms with van der Waals surface area (Å²) in [5, 5.41) is 0. The summed E-state index contributed by atoms with van der Waals surface area (Å²) >= 11 is 0. The largest absolute Gasteiger partial charge is 0.297 e. The van der Waals surface area contributed by atoms with Gasteiger partial charge in [-0.2, -0.15) is 16.8 Å². The van der Waals surface area contributed by atoms with E-state index in [1.54, 1.807) is 26.0 Å². The quantitative estimate of drug-likeness (QED) is 0.571. The van der Waals surface area contributed by atoms with Crippen molar-refractivity contribution in [1.29, 1.82) is 0 Å². The summed E-state index contributed by atoms with van der Waals surface area (Å²) in [6.45, 7) is 7.65. The third-order valence-electron chi connectivity index (χ3n) is 4.86. The van der Waals surface area contributed by atoms with Crippen molar-refractivity contribution in [3.63, 3.8) is 0 Å². The van der Waals surface area contributed by atoms with Gasteiger partial charge in [0.25, 0.3) is 20.2 Å². The van der Waals surface area contributed by atoms with E-state index < -0.39 is 36.8 Å². The molecule has 2 aromatic carbocycles. The SMILES string of the molecule is CCC(C)c1ccc(S(=O)(=O)O)c(F)c1F.CCC(C)c1ccc(S(=O)(=O)O)cc1. The van der Waals surface area contributed by atoms with Crippen molar-refractivity contribution in [1.82, 2.24) is 0 Å². The molecule has 0 amide bonds. The van der Waals surface area contributed by atoms with E-state index in [2.05, 4.69) is 13.8 Å². The monoisotopic (exact) mass is 464 g/mol. The number of benzene rings is 2. The van der Waals surface area contributed by atoms with Gasteiger partial charge in [0, 0.05) is 0 Å². The Hall–Kier alpha value is -1.88. The number of hydrogen-bond acceptors (Lipinski definition) is 4. The van der Waals surface area contributed by atoms with E-state index in [1.807, 2.05) is 0 Å². The molecule has 6 nitrogen and oxygen atoms in total. The highest BCUT2D eigenvalue weighted by atomic mass is 32.2. The molecule has 0 spiro atoms. The normalized spacial score (nSPS) is 13.9. The Labute approximate surface area is 176 Å². The lowest BCUT2D eigenvalue weighted by Crippen LogP contribution is -2.07. The highest BCUT2D eigenvalue weighted by molar-refractivity contribution is 7.86. The van der Waals surface area contributed by atoms with E-state index in [4.69, 9.17) is 9.11 Å². The molecule has 0 heterocycles. The van der Waals surface area contributed by atoms with Gasteiger partial charge < -0.3 is 0 Å². The summed E-state index contributed by atoms with van der Waals surface area (Å²) in [6, 6.07) is 8.37. The molecule has 0 aliphatic carbocycles. The standard InChI is InChI=1S/C10H12F2O3S.C10H14O3S/c1-3-6(2)7-4-5-8(16(13,14)15)10(12)9(7)11;1-3-8(2)9-4-6-10(7-5-9)14(11,12)13/h4-6H,3H2,1-2H3,(H,13,14,15);4-8H,3H2,1-2H3,(H,11,12,13). The first-order valence-corrected chi connectivity index (χ1v) is 12.1. The van der Waals surface area contributed by atoms with E-state index in [-0.39, 0.29) is 16.4 Å². The minimum Gasteiger partial charge on any atom is -0.282 e. The third-order valence-corrected chi connectivity index (χ3v) is 6.60. The van der Waals surface area contributed by atoms with E-state index in [0.717, 1.165) is 18.1 Å². The maximum absolute atomic E-state index is 13.5. The van der Waals surface area contributed by atoms with Crippen molar-refractivity contribution in [2.75, 3.05) is 0 Å². The zero-order valence-electron chi connectivity index (χ0n) is 17.1.